The lowest BCUT2D eigenvalue weighted by molar-refractivity contribution is -0.137. The number of halogens is 3. The van der Waals surface area contributed by atoms with Crippen LogP contribution >= 0.6 is 0 Å². The molecule has 0 saturated heterocycles. The molecule has 0 unspecified atom stereocenters. The van der Waals surface area contributed by atoms with Gasteiger partial charge in [0.15, 0.2) is 0 Å². The van der Waals surface area contributed by atoms with Gasteiger partial charge in [-0.05, 0) is 60.0 Å². The van der Waals surface area contributed by atoms with Gasteiger partial charge in [-0.25, -0.2) is 0 Å². The smallest absolute Gasteiger partial charge is 0.416 e. The SMILES string of the molecule is C=CC(=O)N1CCc2cc(Oc3ccc(C(F)(F)F)cc3)ccc2C1. The van der Waals surface area contributed by atoms with Crippen LogP contribution in [-0.4, -0.2) is 17.4 Å². The van der Waals surface area contributed by atoms with E-state index >= 15 is 0 Å². The molecule has 6 heteroatoms. The van der Waals surface area contributed by atoms with Crippen molar-refractivity contribution < 1.29 is 22.7 Å². The molecule has 2 aromatic rings. The van der Waals surface area contributed by atoms with Crippen LogP contribution in [0.3, 0.4) is 0 Å². The van der Waals surface area contributed by atoms with Gasteiger partial charge < -0.3 is 9.64 Å². The number of alkyl halides is 3. The summed E-state index contributed by atoms with van der Waals surface area (Å²) in [5.41, 5.74) is 1.39. The Labute approximate surface area is 143 Å². The first-order valence-corrected chi connectivity index (χ1v) is 7.75. The molecular weight excluding hydrogens is 331 g/mol. The molecule has 3 rings (SSSR count). The van der Waals surface area contributed by atoms with Crippen LogP contribution in [0.15, 0.2) is 55.1 Å². The van der Waals surface area contributed by atoms with Crippen molar-refractivity contribution in [3.63, 3.8) is 0 Å². The zero-order chi connectivity index (χ0) is 18.0. The first-order chi connectivity index (χ1) is 11.9. The Balaban J connectivity index is 1.73. The van der Waals surface area contributed by atoms with Gasteiger partial charge in [0.2, 0.25) is 5.91 Å². The number of carbonyl (C=O) groups is 1. The van der Waals surface area contributed by atoms with Crippen molar-refractivity contribution in [2.45, 2.75) is 19.1 Å². The molecule has 25 heavy (non-hydrogen) atoms. The Kier molecular flexibility index (Phi) is 4.53. The van der Waals surface area contributed by atoms with Gasteiger partial charge in [-0.1, -0.05) is 12.6 Å². The molecule has 1 amide bonds. The van der Waals surface area contributed by atoms with Crippen molar-refractivity contribution in [3.05, 3.63) is 71.8 Å². The Morgan fingerprint density at radius 2 is 1.76 bits per heavy atom. The fourth-order valence-corrected chi connectivity index (χ4v) is 2.76. The maximum Gasteiger partial charge on any atom is 0.416 e. The minimum atomic E-state index is -4.36. The van der Waals surface area contributed by atoms with E-state index in [9.17, 15) is 18.0 Å². The Hall–Kier alpha value is -2.76. The average Bonchev–Trinajstić information content (AvgIpc) is 2.60. The second-order valence-electron chi connectivity index (χ2n) is 5.77. The van der Waals surface area contributed by atoms with Crippen molar-refractivity contribution in [2.24, 2.45) is 0 Å². The van der Waals surface area contributed by atoms with E-state index in [0.717, 1.165) is 23.3 Å². The van der Waals surface area contributed by atoms with Gasteiger partial charge in [0.25, 0.3) is 0 Å². The molecule has 0 fully saturated rings. The number of rotatable bonds is 3. The number of carbonyl (C=O) groups excluding carboxylic acids is 1. The van der Waals surface area contributed by atoms with E-state index in [0.29, 0.717) is 31.0 Å². The van der Waals surface area contributed by atoms with E-state index in [2.05, 4.69) is 6.58 Å². The minimum Gasteiger partial charge on any atom is -0.457 e. The highest BCUT2D eigenvalue weighted by Crippen LogP contribution is 2.32. The summed E-state index contributed by atoms with van der Waals surface area (Å²) in [6.45, 7) is 4.61. The van der Waals surface area contributed by atoms with Crippen molar-refractivity contribution in [1.29, 1.82) is 0 Å². The van der Waals surface area contributed by atoms with Crippen LogP contribution in [0.5, 0.6) is 11.5 Å². The highest BCUT2D eigenvalue weighted by Gasteiger charge is 2.30. The zero-order valence-electron chi connectivity index (χ0n) is 13.3. The number of amides is 1. The van der Waals surface area contributed by atoms with Crippen LogP contribution in [0, 0.1) is 0 Å². The quantitative estimate of drug-likeness (QED) is 0.762. The number of fused-ring (bicyclic) bond motifs is 1. The number of hydrogen-bond acceptors (Lipinski definition) is 2. The highest BCUT2D eigenvalue weighted by molar-refractivity contribution is 5.87. The third-order valence-corrected chi connectivity index (χ3v) is 4.09. The van der Waals surface area contributed by atoms with Crippen LogP contribution in [0.2, 0.25) is 0 Å². The van der Waals surface area contributed by atoms with Crippen LogP contribution < -0.4 is 4.74 Å². The lowest BCUT2D eigenvalue weighted by Gasteiger charge is -2.28. The van der Waals surface area contributed by atoms with Crippen LogP contribution in [0.25, 0.3) is 0 Å². The van der Waals surface area contributed by atoms with E-state index in [1.807, 2.05) is 12.1 Å². The van der Waals surface area contributed by atoms with Crippen LogP contribution in [-0.2, 0) is 23.9 Å². The number of hydrogen-bond donors (Lipinski definition) is 0. The van der Waals surface area contributed by atoms with Crippen molar-refractivity contribution in [2.75, 3.05) is 6.54 Å². The second-order valence-corrected chi connectivity index (χ2v) is 5.77. The molecule has 0 radical (unpaired) electrons. The van der Waals surface area contributed by atoms with E-state index in [1.165, 1.54) is 18.2 Å². The maximum absolute atomic E-state index is 12.6. The highest BCUT2D eigenvalue weighted by atomic mass is 19.4. The van der Waals surface area contributed by atoms with Crippen molar-refractivity contribution in [1.82, 2.24) is 4.90 Å². The molecule has 0 saturated carbocycles. The van der Waals surface area contributed by atoms with Crippen LogP contribution in [0.1, 0.15) is 16.7 Å². The van der Waals surface area contributed by atoms with Gasteiger partial charge in [-0.3, -0.25) is 4.79 Å². The normalized spacial score (nSPS) is 14.0. The summed E-state index contributed by atoms with van der Waals surface area (Å²) in [4.78, 5) is 13.4. The molecule has 0 N–H and O–H groups in total. The van der Waals surface area contributed by atoms with Crippen molar-refractivity contribution >= 4 is 5.91 Å². The third-order valence-electron chi connectivity index (χ3n) is 4.09. The largest absolute Gasteiger partial charge is 0.457 e. The first-order valence-electron chi connectivity index (χ1n) is 7.75. The molecule has 0 aromatic heterocycles. The molecule has 1 aliphatic heterocycles. The summed E-state index contributed by atoms with van der Waals surface area (Å²) < 4.78 is 43.4. The molecule has 0 spiro atoms. The van der Waals surface area contributed by atoms with E-state index in [-0.39, 0.29) is 5.91 Å². The molecule has 3 nitrogen and oxygen atoms in total. The monoisotopic (exact) mass is 347 g/mol. The average molecular weight is 347 g/mol. The molecule has 1 heterocycles. The summed E-state index contributed by atoms with van der Waals surface area (Å²) >= 11 is 0. The Morgan fingerprint density at radius 3 is 2.40 bits per heavy atom. The molecule has 0 bridgehead atoms. The van der Waals surface area contributed by atoms with Gasteiger partial charge in [0.05, 0.1) is 5.56 Å². The van der Waals surface area contributed by atoms with Crippen molar-refractivity contribution in [3.8, 4) is 11.5 Å². The van der Waals surface area contributed by atoms with E-state index in [4.69, 9.17) is 4.74 Å². The van der Waals surface area contributed by atoms with Crippen LogP contribution in [0.4, 0.5) is 13.2 Å². The molecule has 2 aromatic carbocycles. The van der Waals surface area contributed by atoms with E-state index < -0.39 is 11.7 Å². The Bertz CT molecular complexity index is 797. The minimum absolute atomic E-state index is 0.101. The van der Waals surface area contributed by atoms with Gasteiger partial charge in [0.1, 0.15) is 11.5 Å². The zero-order valence-corrected chi connectivity index (χ0v) is 13.3. The molecule has 0 aliphatic carbocycles. The summed E-state index contributed by atoms with van der Waals surface area (Å²) in [5, 5.41) is 0. The number of benzene rings is 2. The fraction of sp³-hybridized carbons (Fsp3) is 0.211. The third kappa shape index (κ3) is 3.84. The predicted octanol–water partition coefficient (Wildman–Crippen LogP) is 4.57. The fourth-order valence-electron chi connectivity index (χ4n) is 2.76. The summed E-state index contributed by atoms with van der Waals surface area (Å²) in [6, 6.07) is 10.1. The lowest BCUT2D eigenvalue weighted by atomic mass is 9.99. The topological polar surface area (TPSA) is 29.5 Å². The van der Waals surface area contributed by atoms with Gasteiger partial charge in [0, 0.05) is 13.1 Å². The van der Waals surface area contributed by atoms with Gasteiger partial charge in [-0.2, -0.15) is 13.2 Å². The Morgan fingerprint density at radius 1 is 1.08 bits per heavy atom. The van der Waals surface area contributed by atoms with E-state index in [1.54, 1.807) is 11.0 Å². The maximum atomic E-state index is 12.6. The second kappa shape index (κ2) is 6.63. The molecular formula is C19H16F3NO2. The molecule has 0 atom stereocenters. The predicted molar refractivity (Wildman–Crippen MR) is 87.3 cm³/mol. The standard InChI is InChI=1S/C19H16F3NO2/c1-2-18(24)23-10-9-13-11-17(6-3-14(13)12-23)25-16-7-4-15(5-8-16)19(20,21)22/h2-8,11H,1,9-10,12H2. The summed E-state index contributed by atoms with van der Waals surface area (Å²) in [5.74, 6) is 0.796. The summed E-state index contributed by atoms with van der Waals surface area (Å²) in [6.07, 6.45) is -2.37. The number of ether oxygens (including phenoxy) is 1. The number of nitrogens with zero attached hydrogens (tertiary/aromatic N) is 1. The lowest BCUT2D eigenvalue weighted by Crippen LogP contribution is -2.34. The summed E-state index contributed by atoms with van der Waals surface area (Å²) in [7, 11) is 0. The first kappa shape index (κ1) is 17.1. The van der Waals surface area contributed by atoms with Gasteiger partial charge >= 0.3 is 6.18 Å². The molecule has 130 valence electrons. The molecule has 1 aliphatic rings. The van der Waals surface area contributed by atoms with Gasteiger partial charge in [-0.15, -0.1) is 0 Å².